The zero-order valence-corrected chi connectivity index (χ0v) is 24.3. The molecule has 1 saturated carbocycles. The monoisotopic (exact) mass is 598 g/mol. The fourth-order valence-corrected chi connectivity index (χ4v) is 9.39. The summed E-state index contributed by atoms with van der Waals surface area (Å²) >= 11 is 0. The Balaban J connectivity index is 0.000000220. The number of carbonyl (C=O) groups excluding carboxylic acids is 2. The fourth-order valence-electron chi connectivity index (χ4n) is 5.30. The molecule has 0 aliphatic heterocycles. The molecule has 8 nitrogen and oxygen atoms in total. The van der Waals surface area contributed by atoms with E-state index in [1.807, 2.05) is 0 Å². The third-order valence-electron chi connectivity index (χ3n) is 7.61. The molecule has 12 heteroatoms. The maximum absolute atomic E-state index is 12.9. The number of rotatable bonds is 6. The van der Waals surface area contributed by atoms with Gasteiger partial charge in [-0.2, -0.15) is 0 Å². The average molecular weight is 599 g/mol. The summed E-state index contributed by atoms with van der Waals surface area (Å²) in [6.07, 6.45) is 3.94. The van der Waals surface area contributed by atoms with Gasteiger partial charge >= 0.3 is 11.9 Å². The number of hydrogen-bond donors (Lipinski definition) is 0. The van der Waals surface area contributed by atoms with Gasteiger partial charge in [0.25, 0.3) is 0 Å². The van der Waals surface area contributed by atoms with Gasteiger partial charge in [-0.15, -0.1) is 0 Å². The Morgan fingerprint density at radius 2 is 1.30 bits per heavy atom. The van der Waals surface area contributed by atoms with Crippen LogP contribution in [0.5, 0.6) is 0 Å². The molecule has 2 aliphatic carbocycles. The Hall–Kier alpha value is -3.12. The van der Waals surface area contributed by atoms with Crippen LogP contribution in [0.4, 0.5) is 8.78 Å². The van der Waals surface area contributed by atoms with Crippen LogP contribution in [0, 0.1) is 22.5 Å². The third-order valence-corrected chi connectivity index (χ3v) is 12.1. The van der Waals surface area contributed by atoms with Crippen molar-refractivity contribution >= 4 is 31.6 Å². The number of methoxy groups -OCH3 is 2. The zero-order chi connectivity index (χ0) is 29.9. The molecular formula is C28H32F2O8S2. The van der Waals surface area contributed by atoms with E-state index in [9.17, 15) is 35.2 Å². The molecule has 2 aromatic rings. The number of hydrogen-bond acceptors (Lipinski definition) is 8. The van der Waals surface area contributed by atoms with E-state index in [2.05, 4.69) is 0 Å². The first-order chi connectivity index (χ1) is 18.6. The van der Waals surface area contributed by atoms with Crippen LogP contribution in [0.1, 0.15) is 46.0 Å². The van der Waals surface area contributed by atoms with Crippen LogP contribution >= 0.6 is 0 Å². The van der Waals surface area contributed by atoms with Gasteiger partial charge in [0.15, 0.2) is 9.84 Å². The van der Waals surface area contributed by atoms with Gasteiger partial charge < -0.3 is 9.47 Å². The van der Waals surface area contributed by atoms with E-state index in [1.54, 1.807) is 13.8 Å². The lowest BCUT2D eigenvalue weighted by atomic mass is 9.89. The largest absolute Gasteiger partial charge is 0.469 e. The van der Waals surface area contributed by atoms with Gasteiger partial charge in [0.05, 0.1) is 39.6 Å². The van der Waals surface area contributed by atoms with E-state index in [-0.39, 0.29) is 14.7 Å². The van der Waals surface area contributed by atoms with Crippen molar-refractivity contribution in [1.82, 2.24) is 0 Å². The molecular weight excluding hydrogens is 566 g/mol. The van der Waals surface area contributed by atoms with Crippen molar-refractivity contribution in [2.75, 3.05) is 14.2 Å². The van der Waals surface area contributed by atoms with Crippen LogP contribution in [-0.2, 0) is 38.7 Å². The summed E-state index contributed by atoms with van der Waals surface area (Å²) in [6.45, 7) is 3.18. The minimum Gasteiger partial charge on any atom is -0.469 e. The molecule has 2 aliphatic rings. The van der Waals surface area contributed by atoms with E-state index in [0.29, 0.717) is 32.1 Å². The van der Waals surface area contributed by atoms with E-state index in [4.69, 9.17) is 9.47 Å². The molecule has 218 valence electrons. The van der Waals surface area contributed by atoms with Gasteiger partial charge in [-0.1, -0.05) is 12.5 Å². The maximum atomic E-state index is 12.9. The standard InChI is InChI=1S/C14H17FO4S.C14H15FO4S/c2*1-14(13(16)19-2)9-3-4-12(14)20(17,18)11-7-5-10(15)6-8-11/h5-8,12H,3-4,9H2,1-2H3;4-8H,3,9H2,1-2H3. The fraction of sp³-hybridized carbons (Fsp3) is 0.429. The molecule has 2 aromatic carbocycles. The maximum Gasteiger partial charge on any atom is 0.316 e. The van der Waals surface area contributed by atoms with Crippen molar-refractivity contribution in [2.45, 2.75) is 61.0 Å². The van der Waals surface area contributed by atoms with Crippen molar-refractivity contribution < 1.29 is 44.7 Å². The minimum atomic E-state index is -3.82. The first kappa shape index (κ1) is 31.4. The number of carbonyl (C=O) groups is 2. The summed E-state index contributed by atoms with van der Waals surface area (Å²) < 4.78 is 85.8. The van der Waals surface area contributed by atoms with Crippen LogP contribution in [0.25, 0.3) is 0 Å². The Morgan fingerprint density at radius 3 is 1.80 bits per heavy atom. The molecule has 3 unspecified atom stereocenters. The highest BCUT2D eigenvalue weighted by Crippen LogP contribution is 2.46. The third kappa shape index (κ3) is 5.83. The Labute approximate surface area is 233 Å². The summed E-state index contributed by atoms with van der Waals surface area (Å²) in [4.78, 5) is 23.9. The molecule has 0 saturated heterocycles. The first-order valence-electron chi connectivity index (χ1n) is 12.5. The molecule has 0 heterocycles. The molecule has 0 N–H and O–H groups in total. The molecule has 1 fully saturated rings. The lowest BCUT2D eigenvalue weighted by molar-refractivity contribution is -0.151. The average Bonchev–Trinajstić information content (AvgIpc) is 3.53. The van der Waals surface area contributed by atoms with Crippen molar-refractivity contribution in [2.24, 2.45) is 10.8 Å². The summed E-state index contributed by atoms with van der Waals surface area (Å²) in [6, 6.07) is 9.24. The SMILES string of the molecule is COC(=O)C1(C)CCC=C1S(=O)(=O)c1ccc(F)cc1.COC(=O)C1(C)CCCC1S(=O)(=O)c1ccc(F)cc1. The normalized spacial score (nSPS) is 24.4. The van der Waals surface area contributed by atoms with Crippen molar-refractivity contribution in [3.63, 3.8) is 0 Å². The van der Waals surface area contributed by atoms with Crippen molar-refractivity contribution in [1.29, 1.82) is 0 Å². The highest BCUT2D eigenvalue weighted by Gasteiger charge is 2.52. The number of esters is 2. The van der Waals surface area contributed by atoms with Crippen LogP contribution in [0.2, 0.25) is 0 Å². The van der Waals surface area contributed by atoms with Gasteiger partial charge in [0.1, 0.15) is 17.0 Å². The van der Waals surface area contributed by atoms with E-state index >= 15 is 0 Å². The number of benzene rings is 2. The van der Waals surface area contributed by atoms with Crippen LogP contribution in [0.3, 0.4) is 0 Å². The summed E-state index contributed by atoms with van der Waals surface area (Å²) in [7, 11) is -5.02. The Kier molecular flexibility index (Phi) is 9.25. The molecule has 0 amide bonds. The van der Waals surface area contributed by atoms with Gasteiger partial charge in [-0.3, -0.25) is 9.59 Å². The number of sulfone groups is 2. The van der Waals surface area contributed by atoms with Gasteiger partial charge in [-0.25, -0.2) is 25.6 Å². The number of allylic oxidation sites excluding steroid dienone is 1. The summed E-state index contributed by atoms with van der Waals surface area (Å²) in [5.41, 5.74) is -2.22. The molecule has 0 radical (unpaired) electrons. The summed E-state index contributed by atoms with van der Waals surface area (Å²) in [5, 5.41) is -0.826. The van der Waals surface area contributed by atoms with Crippen LogP contribution in [0.15, 0.2) is 69.3 Å². The quantitative estimate of drug-likeness (QED) is 0.344. The predicted octanol–water partition coefficient (Wildman–Crippen LogP) is 4.79. The molecule has 0 bridgehead atoms. The minimum absolute atomic E-state index is 0.0258. The second kappa shape index (κ2) is 11.8. The van der Waals surface area contributed by atoms with Crippen molar-refractivity contribution in [3.05, 3.63) is 71.1 Å². The molecule has 0 aromatic heterocycles. The second-order valence-corrected chi connectivity index (χ2v) is 14.2. The smallest absolute Gasteiger partial charge is 0.316 e. The topological polar surface area (TPSA) is 121 Å². The Morgan fingerprint density at radius 1 is 0.800 bits per heavy atom. The van der Waals surface area contributed by atoms with E-state index in [1.165, 1.54) is 44.6 Å². The second-order valence-electron chi connectivity index (χ2n) is 10.2. The highest BCUT2D eigenvalue weighted by atomic mass is 32.2. The molecule has 3 atom stereocenters. The van der Waals surface area contributed by atoms with E-state index < -0.39 is 59.3 Å². The van der Waals surface area contributed by atoms with Gasteiger partial charge in [0.2, 0.25) is 9.84 Å². The lowest BCUT2D eigenvalue weighted by Gasteiger charge is -2.28. The van der Waals surface area contributed by atoms with Crippen LogP contribution < -0.4 is 0 Å². The van der Waals surface area contributed by atoms with Gasteiger partial charge in [0, 0.05) is 0 Å². The zero-order valence-electron chi connectivity index (χ0n) is 22.6. The van der Waals surface area contributed by atoms with Gasteiger partial charge in [-0.05, 0) is 88.1 Å². The molecule has 40 heavy (non-hydrogen) atoms. The summed E-state index contributed by atoms with van der Waals surface area (Å²) in [5.74, 6) is -2.09. The first-order valence-corrected chi connectivity index (χ1v) is 15.5. The molecule has 4 rings (SSSR count). The molecule has 0 spiro atoms. The highest BCUT2D eigenvalue weighted by molar-refractivity contribution is 7.95. The number of ether oxygens (including phenoxy) is 2. The van der Waals surface area contributed by atoms with Crippen molar-refractivity contribution in [3.8, 4) is 0 Å². The van der Waals surface area contributed by atoms with Crippen LogP contribution in [-0.4, -0.2) is 48.2 Å². The predicted molar refractivity (Wildman–Crippen MR) is 142 cm³/mol. The van der Waals surface area contributed by atoms with E-state index in [0.717, 1.165) is 24.3 Å². The Bertz CT molecular complexity index is 1500. The lowest BCUT2D eigenvalue weighted by Crippen LogP contribution is -2.41. The number of halogens is 2.